The highest BCUT2D eigenvalue weighted by atomic mass is 79.9. The van der Waals surface area contributed by atoms with Gasteiger partial charge < -0.3 is 19.5 Å². The molecule has 1 saturated heterocycles. The summed E-state index contributed by atoms with van der Waals surface area (Å²) in [5.41, 5.74) is 0. The van der Waals surface area contributed by atoms with E-state index < -0.39 is 6.10 Å². The topological polar surface area (TPSA) is 43.1 Å². The van der Waals surface area contributed by atoms with E-state index in [4.69, 9.17) is 9.47 Å². The minimum atomic E-state index is -0.463. The fraction of sp³-hybridized carbons (Fsp3) is 0.600. The van der Waals surface area contributed by atoms with Gasteiger partial charge in [0.1, 0.15) is 50.3 Å². The number of para-hydroxylation sites is 1. The molecule has 1 fully saturated rings. The van der Waals surface area contributed by atoms with E-state index in [1.165, 1.54) is 4.90 Å². The van der Waals surface area contributed by atoms with E-state index in [0.29, 0.717) is 13.2 Å². The largest absolute Gasteiger partial charge is 0.489 e. The number of hydrogen-bond donors (Lipinski definition) is 2. The second kappa shape index (κ2) is 7.41. The van der Waals surface area contributed by atoms with Crippen molar-refractivity contribution in [1.82, 2.24) is 0 Å². The summed E-state index contributed by atoms with van der Waals surface area (Å²) >= 11 is 3.43. The molecule has 0 spiro atoms. The lowest BCUT2D eigenvalue weighted by molar-refractivity contribution is -0.918. The van der Waals surface area contributed by atoms with E-state index in [9.17, 15) is 5.11 Å². The number of rotatable bonds is 5. The van der Waals surface area contributed by atoms with E-state index >= 15 is 0 Å². The molecule has 112 valence electrons. The monoisotopic (exact) mass is 344 g/mol. The summed E-state index contributed by atoms with van der Waals surface area (Å²) in [6, 6.07) is 7.68. The van der Waals surface area contributed by atoms with Gasteiger partial charge in [0.05, 0.1) is 4.47 Å². The molecule has 2 N–H and O–H groups in total. The average Bonchev–Trinajstić information content (AvgIpc) is 2.36. The molecule has 2 rings (SSSR count). The Hall–Kier alpha value is -0.620. The van der Waals surface area contributed by atoms with Gasteiger partial charge in [-0.25, -0.2) is 0 Å². The van der Waals surface area contributed by atoms with E-state index in [2.05, 4.69) is 29.8 Å². The number of hydrogen-bond acceptors (Lipinski definition) is 3. The van der Waals surface area contributed by atoms with Gasteiger partial charge in [0.25, 0.3) is 0 Å². The molecule has 1 heterocycles. The third-order valence-electron chi connectivity index (χ3n) is 3.41. The number of aliphatic hydroxyl groups excluding tert-OH is 1. The van der Waals surface area contributed by atoms with Crippen molar-refractivity contribution < 1.29 is 19.5 Å². The fourth-order valence-electron chi connectivity index (χ4n) is 2.70. The van der Waals surface area contributed by atoms with Crippen molar-refractivity contribution in [2.24, 2.45) is 0 Å². The van der Waals surface area contributed by atoms with Crippen LogP contribution in [0.1, 0.15) is 13.8 Å². The highest BCUT2D eigenvalue weighted by Gasteiger charge is 2.27. The van der Waals surface area contributed by atoms with Gasteiger partial charge in [-0.1, -0.05) is 12.1 Å². The number of nitrogens with one attached hydrogen (secondary N) is 1. The first kappa shape index (κ1) is 15.8. The van der Waals surface area contributed by atoms with Crippen LogP contribution in [0.2, 0.25) is 0 Å². The van der Waals surface area contributed by atoms with E-state index in [1.54, 1.807) is 0 Å². The van der Waals surface area contributed by atoms with Crippen LogP contribution in [0.15, 0.2) is 28.7 Å². The molecule has 1 aliphatic heterocycles. The first-order chi connectivity index (χ1) is 9.54. The third-order valence-corrected chi connectivity index (χ3v) is 4.06. The SMILES string of the molecule is C[C@@H]1C[NH+](C[C@H](O)COc2ccccc2Br)C[C@H](C)O1. The number of halogens is 1. The Morgan fingerprint density at radius 3 is 2.65 bits per heavy atom. The number of morpholine rings is 1. The summed E-state index contributed by atoms with van der Waals surface area (Å²) in [5.74, 6) is 0.769. The van der Waals surface area contributed by atoms with E-state index in [1.807, 2.05) is 24.3 Å². The van der Waals surface area contributed by atoms with Crippen molar-refractivity contribution in [2.45, 2.75) is 32.2 Å². The highest BCUT2D eigenvalue weighted by molar-refractivity contribution is 9.10. The van der Waals surface area contributed by atoms with Gasteiger partial charge in [-0.15, -0.1) is 0 Å². The van der Waals surface area contributed by atoms with Gasteiger partial charge in [0.2, 0.25) is 0 Å². The van der Waals surface area contributed by atoms with Crippen LogP contribution in [0, 0.1) is 0 Å². The predicted molar refractivity (Wildman–Crippen MR) is 81.2 cm³/mol. The Labute approximate surface area is 128 Å². The maximum Gasteiger partial charge on any atom is 0.137 e. The number of benzene rings is 1. The molecule has 1 aliphatic rings. The highest BCUT2D eigenvalue weighted by Crippen LogP contribution is 2.23. The van der Waals surface area contributed by atoms with E-state index in [-0.39, 0.29) is 12.2 Å². The first-order valence-corrected chi connectivity index (χ1v) is 7.88. The van der Waals surface area contributed by atoms with Gasteiger partial charge >= 0.3 is 0 Å². The maximum atomic E-state index is 10.1. The summed E-state index contributed by atoms with van der Waals surface area (Å²) in [4.78, 5) is 1.37. The molecular formula is C15H23BrNO3+. The summed E-state index contributed by atoms with van der Waals surface area (Å²) in [5, 5.41) is 10.1. The quantitative estimate of drug-likeness (QED) is 0.833. The minimum Gasteiger partial charge on any atom is -0.489 e. The standard InChI is InChI=1S/C15H22BrNO3/c1-11-7-17(8-12(2)20-11)9-13(18)10-19-15-6-4-3-5-14(15)16/h3-6,11-13,18H,7-10H2,1-2H3/p+1/t11-,12+,13-/m0/s1. The second-order valence-corrected chi connectivity index (χ2v) is 6.37. The smallest absolute Gasteiger partial charge is 0.137 e. The molecule has 0 bridgehead atoms. The lowest BCUT2D eigenvalue weighted by Gasteiger charge is -2.33. The summed E-state index contributed by atoms with van der Waals surface area (Å²) in [7, 11) is 0. The molecule has 0 aromatic heterocycles. The van der Waals surface area contributed by atoms with Crippen LogP contribution in [0.25, 0.3) is 0 Å². The van der Waals surface area contributed by atoms with Gasteiger partial charge in [0.15, 0.2) is 0 Å². The molecule has 20 heavy (non-hydrogen) atoms. The third kappa shape index (κ3) is 4.74. The van der Waals surface area contributed by atoms with Crippen LogP contribution < -0.4 is 9.64 Å². The Bertz CT molecular complexity index is 419. The Morgan fingerprint density at radius 2 is 2.00 bits per heavy atom. The van der Waals surface area contributed by atoms with Gasteiger partial charge in [-0.3, -0.25) is 0 Å². The zero-order valence-electron chi connectivity index (χ0n) is 12.0. The molecule has 1 aromatic carbocycles. The van der Waals surface area contributed by atoms with Crippen LogP contribution >= 0.6 is 15.9 Å². The second-order valence-electron chi connectivity index (χ2n) is 5.51. The first-order valence-electron chi connectivity index (χ1n) is 7.09. The van der Waals surface area contributed by atoms with Crippen molar-refractivity contribution >= 4 is 15.9 Å². The van der Waals surface area contributed by atoms with Gasteiger partial charge in [-0.2, -0.15) is 0 Å². The molecule has 4 nitrogen and oxygen atoms in total. The molecule has 0 radical (unpaired) electrons. The van der Waals surface area contributed by atoms with Crippen LogP contribution in [0.4, 0.5) is 0 Å². The van der Waals surface area contributed by atoms with Crippen molar-refractivity contribution in [3.63, 3.8) is 0 Å². The maximum absolute atomic E-state index is 10.1. The molecule has 0 aliphatic carbocycles. The molecule has 1 aromatic rings. The number of quaternary nitrogens is 1. The zero-order valence-corrected chi connectivity index (χ0v) is 13.6. The number of ether oxygens (including phenoxy) is 2. The van der Waals surface area contributed by atoms with E-state index in [0.717, 1.165) is 23.3 Å². The van der Waals surface area contributed by atoms with Crippen molar-refractivity contribution in [3.05, 3.63) is 28.7 Å². The molecule has 0 amide bonds. The fourth-order valence-corrected chi connectivity index (χ4v) is 3.10. The Kier molecular flexibility index (Phi) is 5.84. The van der Waals surface area contributed by atoms with Gasteiger partial charge in [-0.05, 0) is 41.9 Å². The van der Waals surface area contributed by atoms with Crippen molar-refractivity contribution in [1.29, 1.82) is 0 Å². The minimum absolute atomic E-state index is 0.255. The Morgan fingerprint density at radius 1 is 1.35 bits per heavy atom. The normalized spacial score (nSPS) is 28.1. The van der Waals surface area contributed by atoms with Crippen LogP contribution in [-0.2, 0) is 4.74 Å². The molecule has 5 heteroatoms. The van der Waals surface area contributed by atoms with Crippen molar-refractivity contribution in [3.8, 4) is 5.75 Å². The number of aliphatic hydroxyl groups is 1. The molecule has 1 unspecified atom stereocenters. The lowest BCUT2D eigenvalue weighted by Crippen LogP contribution is -3.16. The summed E-state index contributed by atoms with van der Waals surface area (Å²) < 4.78 is 12.3. The molecule has 0 saturated carbocycles. The predicted octanol–water partition coefficient (Wildman–Crippen LogP) is 0.881. The van der Waals surface area contributed by atoms with Crippen LogP contribution in [-0.4, -0.2) is 49.7 Å². The zero-order chi connectivity index (χ0) is 14.5. The Balaban J connectivity index is 1.78. The molecular weight excluding hydrogens is 322 g/mol. The summed E-state index contributed by atoms with van der Waals surface area (Å²) in [6.07, 6.45) is 0.0462. The summed E-state index contributed by atoms with van der Waals surface area (Å²) in [6.45, 7) is 7.06. The average molecular weight is 345 g/mol. The van der Waals surface area contributed by atoms with Gasteiger partial charge in [0, 0.05) is 0 Å². The van der Waals surface area contributed by atoms with Crippen LogP contribution in [0.5, 0.6) is 5.75 Å². The lowest BCUT2D eigenvalue weighted by atomic mass is 10.2. The van der Waals surface area contributed by atoms with Crippen molar-refractivity contribution in [2.75, 3.05) is 26.2 Å². The molecule has 4 atom stereocenters. The van der Waals surface area contributed by atoms with Crippen LogP contribution in [0.3, 0.4) is 0 Å².